The summed E-state index contributed by atoms with van der Waals surface area (Å²) in [6.07, 6.45) is 1.19. The number of nitrogens with one attached hydrogen (secondary N) is 1. The van der Waals surface area contributed by atoms with Gasteiger partial charge in [0.1, 0.15) is 11.3 Å². The minimum atomic E-state index is -0.876. The van der Waals surface area contributed by atoms with Crippen LogP contribution in [0.2, 0.25) is 0 Å². The molecule has 5 nitrogen and oxygen atoms in total. The van der Waals surface area contributed by atoms with Crippen LogP contribution in [0.4, 0.5) is 5.69 Å². The van der Waals surface area contributed by atoms with Crippen LogP contribution in [0.5, 0.6) is 5.75 Å². The van der Waals surface area contributed by atoms with Gasteiger partial charge in [0, 0.05) is 24.8 Å². The van der Waals surface area contributed by atoms with Crippen LogP contribution in [0, 0.1) is 0 Å². The SMILES string of the molecule is COc1cccc(NC2(C(=O)O)CCN(C)CC2)c1. The van der Waals surface area contributed by atoms with E-state index in [2.05, 4.69) is 10.2 Å². The summed E-state index contributed by atoms with van der Waals surface area (Å²) in [5.41, 5.74) is -0.0925. The third-order valence-electron chi connectivity index (χ3n) is 3.70. The monoisotopic (exact) mass is 264 g/mol. The number of hydrogen-bond acceptors (Lipinski definition) is 4. The van der Waals surface area contributed by atoms with E-state index in [0.717, 1.165) is 24.5 Å². The summed E-state index contributed by atoms with van der Waals surface area (Å²) >= 11 is 0. The predicted molar refractivity (Wildman–Crippen MR) is 73.7 cm³/mol. The van der Waals surface area contributed by atoms with Gasteiger partial charge in [-0.25, -0.2) is 4.79 Å². The topological polar surface area (TPSA) is 61.8 Å². The van der Waals surface area contributed by atoms with Crippen LogP contribution in [0.25, 0.3) is 0 Å². The van der Waals surface area contributed by atoms with E-state index >= 15 is 0 Å². The highest BCUT2D eigenvalue weighted by Gasteiger charge is 2.40. The number of carboxylic acids is 1. The Hall–Kier alpha value is -1.75. The van der Waals surface area contributed by atoms with Crippen molar-refractivity contribution >= 4 is 11.7 Å². The minimum absolute atomic E-state index is 0.593. The van der Waals surface area contributed by atoms with Crippen molar-refractivity contribution in [3.8, 4) is 5.75 Å². The first-order valence-corrected chi connectivity index (χ1v) is 6.40. The Kier molecular flexibility index (Phi) is 3.95. The summed E-state index contributed by atoms with van der Waals surface area (Å²) in [6, 6.07) is 7.38. The molecule has 0 unspecified atom stereocenters. The highest BCUT2D eigenvalue weighted by molar-refractivity contribution is 5.83. The fourth-order valence-electron chi connectivity index (χ4n) is 2.37. The number of hydrogen-bond donors (Lipinski definition) is 2. The molecule has 2 rings (SSSR count). The molecule has 1 aliphatic rings. The van der Waals surface area contributed by atoms with Gasteiger partial charge in [-0.2, -0.15) is 0 Å². The van der Waals surface area contributed by atoms with Crippen molar-refractivity contribution in [1.82, 2.24) is 4.90 Å². The smallest absolute Gasteiger partial charge is 0.329 e. The molecule has 2 N–H and O–H groups in total. The molecule has 0 atom stereocenters. The van der Waals surface area contributed by atoms with Crippen molar-refractivity contribution in [3.05, 3.63) is 24.3 Å². The maximum atomic E-state index is 11.6. The molecule has 1 saturated heterocycles. The second-order valence-corrected chi connectivity index (χ2v) is 5.05. The summed E-state index contributed by atoms with van der Waals surface area (Å²) in [6.45, 7) is 1.56. The van der Waals surface area contributed by atoms with Crippen LogP contribution in [0.3, 0.4) is 0 Å². The molecule has 0 radical (unpaired) electrons. The van der Waals surface area contributed by atoms with E-state index in [1.807, 2.05) is 31.3 Å². The molecule has 0 amide bonds. The number of benzene rings is 1. The number of aliphatic carboxylic acids is 1. The lowest BCUT2D eigenvalue weighted by molar-refractivity contribution is -0.143. The van der Waals surface area contributed by atoms with Crippen molar-refractivity contribution in [2.75, 3.05) is 32.6 Å². The fourth-order valence-corrected chi connectivity index (χ4v) is 2.37. The number of nitrogens with zero attached hydrogens (tertiary/aromatic N) is 1. The lowest BCUT2D eigenvalue weighted by Gasteiger charge is -2.38. The molecule has 0 aliphatic carbocycles. The standard InChI is InChI=1S/C14H20N2O3/c1-16-8-6-14(7-9-16,13(17)18)15-11-4-3-5-12(10-11)19-2/h3-5,10,15H,6-9H2,1-2H3,(H,17,18). The maximum Gasteiger partial charge on any atom is 0.329 e. The van der Waals surface area contributed by atoms with E-state index in [-0.39, 0.29) is 0 Å². The molecule has 1 heterocycles. The van der Waals surface area contributed by atoms with Gasteiger partial charge in [0.25, 0.3) is 0 Å². The summed E-state index contributed by atoms with van der Waals surface area (Å²) in [5, 5.41) is 12.7. The fraction of sp³-hybridized carbons (Fsp3) is 0.500. The van der Waals surface area contributed by atoms with Crippen molar-refractivity contribution < 1.29 is 14.6 Å². The molecular weight excluding hydrogens is 244 g/mol. The minimum Gasteiger partial charge on any atom is -0.497 e. The summed E-state index contributed by atoms with van der Waals surface area (Å²) in [5.74, 6) is -0.0677. The molecule has 1 aliphatic heterocycles. The summed E-state index contributed by atoms with van der Waals surface area (Å²) in [7, 11) is 3.61. The van der Waals surface area contributed by atoms with E-state index < -0.39 is 11.5 Å². The van der Waals surface area contributed by atoms with Crippen molar-refractivity contribution in [2.45, 2.75) is 18.4 Å². The van der Waals surface area contributed by atoms with Crippen molar-refractivity contribution in [2.24, 2.45) is 0 Å². The number of ether oxygens (including phenoxy) is 1. The Labute approximate surface area is 113 Å². The molecule has 0 aromatic heterocycles. The van der Waals surface area contributed by atoms with Gasteiger partial charge in [0.05, 0.1) is 7.11 Å². The van der Waals surface area contributed by atoms with E-state index in [9.17, 15) is 9.90 Å². The van der Waals surface area contributed by atoms with E-state index in [1.54, 1.807) is 7.11 Å². The highest BCUT2D eigenvalue weighted by atomic mass is 16.5. The third kappa shape index (κ3) is 2.98. The number of likely N-dealkylation sites (tertiary alicyclic amines) is 1. The van der Waals surface area contributed by atoms with Crippen LogP contribution < -0.4 is 10.1 Å². The largest absolute Gasteiger partial charge is 0.497 e. The third-order valence-corrected chi connectivity index (χ3v) is 3.70. The quantitative estimate of drug-likeness (QED) is 0.866. The van der Waals surface area contributed by atoms with E-state index in [4.69, 9.17) is 4.74 Å². The zero-order valence-corrected chi connectivity index (χ0v) is 11.3. The Morgan fingerprint density at radius 2 is 2.11 bits per heavy atom. The molecular formula is C14H20N2O3. The Morgan fingerprint density at radius 1 is 1.42 bits per heavy atom. The molecule has 1 aromatic rings. The van der Waals surface area contributed by atoms with Gasteiger partial charge < -0.3 is 20.1 Å². The van der Waals surface area contributed by atoms with Crippen LogP contribution in [0.15, 0.2) is 24.3 Å². The maximum absolute atomic E-state index is 11.6. The molecule has 104 valence electrons. The Bertz CT molecular complexity index is 454. The normalized spacial score (nSPS) is 18.8. The number of carbonyl (C=O) groups is 1. The number of carboxylic acid groups (broad SMARTS) is 1. The predicted octanol–water partition coefficient (Wildman–Crippen LogP) is 1.66. The average molecular weight is 264 g/mol. The Morgan fingerprint density at radius 3 is 2.68 bits per heavy atom. The molecule has 0 bridgehead atoms. The van der Waals surface area contributed by atoms with Crippen molar-refractivity contribution in [3.63, 3.8) is 0 Å². The number of anilines is 1. The average Bonchev–Trinajstić information content (AvgIpc) is 2.41. The number of piperidine rings is 1. The van der Waals surface area contributed by atoms with Gasteiger partial charge >= 0.3 is 5.97 Å². The zero-order chi connectivity index (χ0) is 13.9. The van der Waals surface area contributed by atoms with Gasteiger partial charge in [0.15, 0.2) is 0 Å². The first kappa shape index (κ1) is 13.7. The lowest BCUT2D eigenvalue weighted by Crippen LogP contribution is -2.53. The van der Waals surface area contributed by atoms with Gasteiger partial charge in [0.2, 0.25) is 0 Å². The molecule has 1 aromatic carbocycles. The lowest BCUT2D eigenvalue weighted by atomic mass is 9.87. The second kappa shape index (κ2) is 5.48. The number of rotatable bonds is 4. The van der Waals surface area contributed by atoms with Gasteiger partial charge in [-0.15, -0.1) is 0 Å². The van der Waals surface area contributed by atoms with E-state index in [0.29, 0.717) is 12.8 Å². The molecule has 0 spiro atoms. The number of methoxy groups -OCH3 is 1. The van der Waals surface area contributed by atoms with Gasteiger partial charge in [-0.1, -0.05) is 6.07 Å². The first-order chi connectivity index (χ1) is 9.05. The van der Waals surface area contributed by atoms with E-state index in [1.165, 1.54) is 0 Å². The van der Waals surface area contributed by atoms with Crippen LogP contribution >= 0.6 is 0 Å². The molecule has 0 saturated carbocycles. The second-order valence-electron chi connectivity index (χ2n) is 5.05. The summed E-state index contributed by atoms with van der Waals surface area (Å²) in [4.78, 5) is 13.8. The first-order valence-electron chi connectivity index (χ1n) is 6.40. The van der Waals surface area contributed by atoms with Crippen molar-refractivity contribution in [1.29, 1.82) is 0 Å². The zero-order valence-electron chi connectivity index (χ0n) is 11.3. The molecule has 19 heavy (non-hydrogen) atoms. The van der Waals surface area contributed by atoms with Crippen LogP contribution in [0.1, 0.15) is 12.8 Å². The molecule has 5 heteroatoms. The van der Waals surface area contributed by atoms with Gasteiger partial charge in [-0.3, -0.25) is 0 Å². The highest BCUT2D eigenvalue weighted by Crippen LogP contribution is 2.28. The van der Waals surface area contributed by atoms with Crippen LogP contribution in [-0.2, 0) is 4.79 Å². The Balaban J connectivity index is 2.19. The molecule has 1 fully saturated rings. The van der Waals surface area contributed by atoms with Crippen LogP contribution in [-0.4, -0.2) is 48.8 Å². The summed E-state index contributed by atoms with van der Waals surface area (Å²) < 4.78 is 5.16. The van der Waals surface area contributed by atoms with Gasteiger partial charge in [-0.05, 0) is 32.0 Å².